The monoisotopic (exact) mass is 310 g/mol. The molecule has 0 amide bonds. The number of sulfonamides is 1. The second-order valence-corrected chi connectivity index (χ2v) is 6.06. The lowest BCUT2D eigenvalue weighted by Crippen LogP contribution is -2.15. The second-order valence-electron chi connectivity index (χ2n) is 4.38. The van der Waals surface area contributed by atoms with Gasteiger partial charge in [0, 0.05) is 12.7 Å². The first-order chi connectivity index (χ1) is 9.94. The summed E-state index contributed by atoms with van der Waals surface area (Å²) in [5, 5.41) is 0. The molecule has 3 N–H and O–H groups in total. The molecule has 0 spiro atoms. The van der Waals surface area contributed by atoms with Gasteiger partial charge in [0.2, 0.25) is 0 Å². The van der Waals surface area contributed by atoms with Crippen molar-refractivity contribution in [3.8, 4) is 0 Å². The number of anilines is 2. The maximum Gasteiger partial charge on any atom is 0.262 e. The van der Waals surface area contributed by atoms with E-state index in [1.165, 1.54) is 19.2 Å². The van der Waals surface area contributed by atoms with Crippen LogP contribution in [0.2, 0.25) is 0 Å². The molecular formula is C14H15FN2O3S. The van der Waals surface area contributed by atoms with Crippen LogP contribution in [0.1, 0.15) is 5.56 Å². The molecule has 5 nitrogen and oxygen atoms in total. The van der Waals surface area contributed by atoms with Crippen molar-refractivity contribution in [3.63, 3.8) is 0 Å². The van der Waals surface area contributed by atoms with Crippen LogP contribution in [0.25, 0.3) is 0 Å². The van der Waals surface area contributed by atoms with E-state index in [0.717, 1.165) is 6.07 Å². The van der Waals surface area contributed by atoms with E-state index in [2.05, 4.69) is 4.72 Å². The van der Waals surface area contributed by atoms with Gasteiger partial charge in [-0.25, -0.2) is 12.8 Å². The van der Waals surface area contributed by atoms with Crippen molar-refractivity contribution in [1.29, 1.82) is 0 Å². The van der Waals surface area contributed by atoms with E-state index in [1.807, 2.05) is 0 Å². The van der Waals surface area contributed by atoms with Gasteiger partial charge in [-0.3, -0.25) is 4.72 Å². The Balaban J connectivity index is 2.35. The molecule has 0 unspecified atom stereocenters. The lowest BCUT2D eigenvalue weighted by atomic mass is 10.2. The molecule has 0 saturated heterocycles. The van der Waals surface area contributed by atoms with Crippen molar-refractivity contribution in [2.45, 2.75) is 11.5 Å². The lowest BCUT2D eigenvalue weighted by Gasteiger charge is -2.12. The van der Waals surface area contributed by atoms with Crippen molar-refractivity contribution in [3.05, 3.63) is 53.8 Å². The van der Waals surface area contributed by atoms with Gasteiger partial charge in [-0.1, -0.05) is 18.2 Å². The lowest BCUT2D eigenvalue weighted by molar-refractivity contribution is 0.185. The van der Waals surface area contributed by atoms with E-state index in [1.54, 1.807) is 24.3 Å². The van der Waals surface area contributed by atoms with E-state index < -0.39 is 15.8 Å². The number of nitrogen functional groups attached to an aromatic ring is 1. The number of benzene rings is 2. The molecule has 2 rings (SSSR count). The van der Waals surface area contributed by atoms with Crippen molar-refractivity contribution in [2.75, 3.05) is 17.6 Å². The molecule has 0 fully saturated rings. The van der Waals surface area contributed by atoms with Gasteiger partial charge in [-0.05, 0) is 24.3 Å². The summed E-state index contributed by atoms with van der Waals surface area (Å²) in [7, 11) is -2.38. The standard InChI is InChI=1S/C14H15FN2O3S/c1-20-9-10-4-2-3-5-14(10)17-21(18,19)11-6-7-13(16)12(15)8-11/h2-8,17H,9,16H2,1H3. The largest absolute Gasteiger partial charge is 0.396 e. The highest BCUT2D eigenvalue weighted by atomic mass is 32.2. The molecule has 2 aromatic carbocycles. The van der Waals surface area contributed by atoms with Crippen molar-refractivity contribution >= 4 is 21.4 Å². The molecule has 0 aliphatic heterocycles. The van der Waals surface area contributed by atoms with E-state index in [0.29, 0.717) is 11.3 Å². The minimum absolute atomic E-state index is 0.103. The van der Waals surface area contributed by atoms with Crippen LogP contribution >= 0.6 is 0 Å². The van der Waals surface area contributed by atoms with Crippen LogP contribution in [0.15, 0.2) is 47.4 Å². The fourth-order valence-corrected chi connectivity index (χ4v) is 2.89. The summed E-state index contributed by atoms with van der Waals surface area (Å²) in [5.41, 5.74) is 6.30. The minimum Gasteiger partial charge on any atom is -0.396 e. The summed E-state index contributed by atoms with van der Waals surface area (Å²) in [6, 6.07) is 10.2. The van der Waals surface area contributed by atoms with Crippen LogP contribution in [0.3, 0.4) is 0 Å². The average molecular weight is 310 g/mol. The van der Waals surface area contributed by atoms with E-state index in [4.69, 9.17) is 10.5 Å². The minimum atomic E-state index is -3.89. The molecule has 112 valence electrons. The summed E-state index contributed by atoms with van der Waals surface area (Å²) < 4.78 is 45.4. The Hall–Kier alpha value is -2.12. The summed E-state index contributed by atoms with van der Waals surface area (Å²) in [4.78, 5) is -0.193. The highest BCUT2D eigenvalue weighted by Crippen LogP contribution is 2.22. The summed E-state index contributed by atoms with van der Waals surface area (Å²) in [5.74, 6) is -0.775. The summed E-state index contributed by atoms with van der Waals surface area (Å²) >= 11 is 0. The molecule has 0 radical (unpaired) electrons. The Bertz CT molecular complexity index is 748. The fraction of sp³-hybridized carbons (Fsp3) is 0.143. The molecule has 21 heavy (non-hydrogen) atoms. The molecule has 0 heterocycles. The van der Waals surface area contributed by atoms with Gasteiger partial charge in [0.1, 0.15) is 5.82 Å². The van der Waals surface area contributed by atoms with Crippen molar-refractivity contribution in [2.24, 2.45) is 0 Å². The second kappa shape index (κ2) is 6.11. The van der Waals surface area contributed by atoms with Crippen LogP contribution in [-0.4, -0.2) is 15.5 Å². The Morgan fingerprint density at radius 3 is 2.62 bits per heavy atom. The number of nitrogens with two attached hydrogens (primary N) is 1. The zero-order valence-corrected chi connectivity index (χ0v) is 12.2. The van der Waals surface area contributed by atoms with Gasteiger partial charge in [0.05, 0.1) is 22.9 Å². The van der Waals surface area contributed by atoms with Crippen LogP contribution in [0.5, 0.6) is 0 Å². The Morgan fingerprint density at radius 2 is 1.95 bits per heavy atom. The highest BCUT2D eigenvalue weighted by molar-refractivity contribution is 7.92. The van der Waals surface area contributed by atoms with Gasteiger partial charge in [0.15, 0.2) is 0 Å². The topological polar surface area (TPSA) is 81.4 Å². The van der Waals surface area contributed by atoms with E-state index >= 15 is 0 Å². The molecule has 0 atom stereocenters. The molecule has 0 aliphatic rings. The number of hydrogen-bond donors (Lipinski definition) is 2. The maximum absolute atomic E-state index is 13.4. The zero-order chi connectivity index (χ0) is 15.5. The first kappa shape index (κ1) is 15.3. The van der Waals surface area contributed by atoms with Crippen molar-refractivity contribution < 1.29 is 17.5 Å². The number of halogens is 1. The molecule has 2 aromatic rings. The van der Waals surface area contributed by atoms with E-state index in [-0.39, 0.29) is 17.2 Å². The van der Waals surface area contributed by atoms with Crippen LogP contribution in [-0.2, 0) is 21.4 Å². The number of ether oxygens (including phenoxy) is 1. The molecular weight excluding hydrogens is 295 g/mol. The predicted molar refractivity (Wildman–Crippen MR) is 78.8 cm³/mol. The predicted octanol–water partition coefficient (Wildman–Crippen LogP) is 2.36. The van der Waals surface area contributed by atoms with Crippen LogP contribution in [0, 0.1) is 5.82 Å². The molecule has 0 saturated carbocycles. The Morgan fingerprint density at radius 1 is 1.24 bits per heavy atom. The molecule has 0 bridgehead atoms. The van der Waals surface area contributed by atoms with Crippen LogP contribution < -0.4 is 10.5 Å². The van der Waals surface area contributed by atoms with E-state index in [9.17, 15) is 12.8 Å². The molecule has 0 aliphatic carbocycles. The third kappa shape index (κ3) is 3.50. The smallest absolute Gasteiger partial charge is 0.262 e. The number of hydrogen-bond acceptors (Lipinski definition) is 4. The first-order valence-corrected chi connectivity index (χ1v) is 7.57. The number of methoxy groups -OCH3 is 1. The maximum atomic E-state index is 13.4. The number of rotatable bonds is 5. The van der Waals surface area contributed by atoms with Gasteiger partial charge < -0.3 is 10.5 Å². The third-order valence-electron chi connectivity index (χ3n) is 2.84. The normalized spacial score (nSPS) is 11.3. The molecule has 7 heteroatoms. The fourth-order valence-electron chi connectivity index (χ4n) is 1.78. The van der Waals surface area contributed by atoms with Gasteiger partial charge >= 0.3 is 0 Å². The zero-order valence-electron chi connectivity index (χ0n) is 11.3. The van der Waals surface area contributed by atoms with Gasteiger partial charge in [0.25, 0.3) is 10.0 Å². The van der Waals surface area contributed by atoms with Gasteiger partial charge in [-0.15, -0.1) is 0 Å². The van der Waals surface area contributed by atoms with Gasteiger partial charge in [-0.2, -0.15) is 0 Å². The number of nitrogens with one attached hydrogen (secondary N) is 1. The Kier molecular flexibility index (Phi) is 4.44. The van der Waals surface area contributed by atoms with Crippen LogP contribution in [0.4, 0.5) is 15.8 Å². The third-order valence-corrected chi connectivity index (χ3v) is 4.21. The number of para-hydroxylation sites is 1. The average Bonchev–Trinajstić information content (AvgIpc) is 2.44. The van der Waals surface area contributed by atoms with Crippen molar-refractivity contribution in [1.82, 2.24) is 0 Å². The quantitative estimate of drug-likeness (QED) is 0.831. The highest BCUT2D eigenvalue weighted by Gasteiger charge is 2.17. The first-order valence-electron chi connectivity index (χ1n) is 6.09. The SMILES string of the molecule is COCc1ccccc1NS(=O)(=O)c1ccc(N)c(F)c1. The summed E-state index contributed by atoms with van der Waals surface area (Å²) in [6.07, 6.45) is 0. The summed E-state index contributed by atoms with van der Waals surface area (Å²) in [6.45, 7) is 0.259. The Labute approximate surface area is 122 Å². The molecule has 0 aromatic heterocycles.